The van der Waals surface area contributed by atoms with Crippen LogP contribution in [0, 0.1) is 22.7 Å². The van der Waals surface area contributed by atoms with Gasteiger partial charge in [0.05, 0.1) is 17.9 Å². The van der Waals surface area contributed by atoms with E-state index in [9.17, 15) is 38.7 Å². The van der Waals surface area contributed by atoms with Crippen LogP contribution in [0.1, 0.15) is 98.5 Å². The number of aliphatic hydroxyl groups is 1. The molecule has 2 rings (SSSR count). The number of amides is 6. The van der Waals surface area contributed by atoms with Crippen LogP contribution in [0.4, 0.5) is 10.5 Å². The molecule has 1 aliphatic rings. The van der Waals surface area contributed by atoms with E-state index in [1.165, 1.54) is 4.90 Å². The number of hydrogen-bond acceptors (Lipinski definition) is 9. The zero-order valence-electron chi connectivity index (χ0n) is 30.3. The Kier molecular flexibility index (Phi) is 16.0. The summed E-state index contributed by atoms with van der Waals surface area (Å²) in [6, 6.07) is 4.76. The molecule has 0 bridgehead atoms. The Morgan fingerprint density at radius 1 is 0.980 bits per heavy atom. The number of urea groups is 1. The number of nitrogens with two attached hydrogens (primary N) is 1. The molecule has 50 heavy (non-hydrogen) atoms. The number of nitrogens with one attached hydrogen (secondary N) is 3. The van der Waals surface area contributed by atoms with Gasteiger partial charge in [-0.1, -0.05) is 39.3 Å². The van der Waals surface area contributed by atoms with Crippen LogP contribution in [0.2, 0.25) is 0 Å². The van der Waals surface area contributed by atoms with E-state index < -0.39 is 47.6 Å². The number of anilines is 1. The molecule has 6 amide bonds. The Morgan fingerprint density at radius 3 is 2.20 bits per heavy atom. The van der Waals surface area contributed by atoms with Gasteiger partial charge in [0.1, 0.15) is 12.6 Å². The highest BCUT2D eigenvalue weighted by Crippen LogP contribution is 2.35. The molecule has 1 fully saturated rings. The van der Waals surface area contributed by atoms with Gasteiger partial charge in [-0.3, -0.25) is 33.7 Å². The van der Waals surface area contributed by atoms with Gasteiger partial charge in [-0.05, 0) is 69.6 Å². The summed E-state index contributed by atoms with van der Waals surface area (Å²) < 4.78 is 5.32. The number of esters is 1. The Morgan fingerprint density at radius 2 is 1.64 bits per heavy atom. The van der Waals surface area contributed by atoms with Gasteiger partial charge in [0.15, 0.2) is 5.78 Å². The summed E-state index contributed by atoms with van der Waals surface area (Å²) in [4.78, 5) is 88.6. The van der Waals surface area contributed by atoms with E-state index in [4.69, 9.17) is 10.5 Å². The zero-order chi connectivity index (χ0) is 37.6. The molecule has 0 saturated carbocycles. The molecule has 1 saturated heterocycles. The number of likely N-dealkylation sites (tertiary alicyclic amines) is 1. The van der Waals surface area contributed by atoms with Gasteiger partial charge < -0.3 is 31.5 Å². The minimum atomic E-state index is -1.22. The third-order valence-corrected chi connectivity index (χ3v) is 8.53. The molecule has 278 valence electrons. The average Bonchev–Trinajstić information content (AvgIpc) is 3.32. The van der Waals surface area contributed by atoms with E-state index in [-0.39, 0.29) is 68.0 Å². The van der Waals surface area contributed by atoms with Crippen LogP contribution < -0.4 is 21.7 Å². The van der Waals surface area contributed by atoms with Gasteiger partial charge in [-0.15, -0.1) is 0 Å². The van der Waals surface area contributed by atoms with Crippen molar-refractivity contribution < 1.29 is 43.4 Å². The molecular formula is C36H55N5O9. The van der Waals surface area contributed by atoms with Crippen molar-refractivity contribution in [3.8, 4) is 0 Å². The number of benzene rings is 1. The topological polar surface area (TPSA) is 214 Å². The second-order valence-corrected chi connectivity index (χ2v) is 14.9. The Labute approximate surface area is 294 Å². The predicted octanol–water partition coefficient (Wildman–Crippen LogP) is 3.20. The monoisotopic (exact) mass is 701 g/mol. The van der Waals surface area contributed by atoms with Crippen LogP contribution in [0.15, 0.2) is 24.3 Å². The average molecular weight is 702 g/mol. The van der Waals surface area contributed by atoms with Crippen LogP contribution >= 0.6 is 0 Å². The van der Waals surface area contributed by atoms with E-state index in [1.54, 1.807) is 45.0 Å². The van der Waals surface area contributed by atoms with Crippen LogP contribution in [0.25, 0.3) is 0 Å². The first-order valence-corrected chi connectivity index (χ1v) is 17.2. The first-order chi connectivity index (χ1) is 23.3. The van der Waals surface area contributed by atoms with Gasteiger partial charge in [0.2, 0.25) is 23.6 Å². The summed E-state index contributed by atoms with van der Waals surface area (Å²) in [6.07, 6.45) is 2.13. The minimum absolute atomic E-state index is 0.0707. The molecule has 1 heterocycles. The number of Topliss-reactive ketones (excluding diaryl/α,β-unsaturated/α-hetero) is 1. The van der Waals surface area contributed by atoms with Crippen molar-refractivity contribution in [1.82, 2.24) is 15.5 Å². The molecule has 1 aliphatic heterocycles. The van der Waals surface area contributed by atoms with E-state index in [0.717, 1.165) is 5.56 Å². The molecule has 1 unspecified atom stereocenters. The van der Waals surface area contributed by atoms with Crippen molar-refractivity contribution >= 4 is 47.1 Å². The maximum atomic E-state index is 13.3. The molecule has 0 spiro atoms. The molecule has 6 N–H and O–H groups in total. The number of aliphatic hydroxyl groups excluding tert-OH is 1. The molecule has 0 aliphatic carbocycles. The normalized spacial score (nSPS) is 16.1. The minimum Gasteiger partial charge on any atom is -0.460 e. The number of ether oxygens (including phenoxy) is 1. The van der Waals surface area contributed by atoms with Crippen molar-refractivity contribution in [2.45, 2.75) is 106 Å². The van der Waals surface area contributed by atoms with E-state index in [0.29, 0.717) is 37.9 Å². The number of unbranched alkanes of at least 4 members (excludes halogenated alkanes) is 2. The first kappa shape index (κ1) is 41.8. The van der Waals surface area contributed by atoms with Crippen molar-refractivity contribution in [2.24, 2.45) is 28.4 Å². The molecule has 1 aromatic carbocycles. The van der Waals surface area contributed by atoms with E-state index in [1.807, 2.05) is 20.8 Å². The summed E-state index contributed by atoms with van der Waals surface area (Å²) in [7, 11) is 0. The first-order valence-electron chi connectivity index (χ1n) is 17.2. The number of carbonyl (C=O) groups is 7. The van der Waals surface area contributed by atoms with E-state index >= 15 is 0 Å². The maximum absolute atomic E-state index is 13.3. The summed E-state index contributed by atoms with van der Waals surface area (Å²) in [5.41, 5.74) is 5.36. The van der Waals surface area contributed by atoms with Crippen LogP contribution in [-0.4, -0.2) is 77.2 Å². The van der Waals surface area contributed by atoms with Crippen LogP contribution in [0.5, 0.6) is 0 Å². The lowest BCUT2D eigenvalue weighted by molar-refractivity contribution is -0.154. The molecule has 1 aromatic rings. The van der Waals surface area contributed by atoms with Crippen LogP contribution in [0.3, 0.4) is 0 Å². The Balaban J connectivity index is 1.90. The summed E-state index contributed by atoms with van der Waals surface area (Å²) in [5.74, 6) is -3.30. The second kappa shape index (κ2) is 19.2. The standard InChI is InChI=1S/C36H55N5O9/c1-35(2,3)26-20-30(45)41(32(26)47)18-9-7-8-12-29(44)40-27(21-42)28(43)19-24(11-10-17-38-34(37)49)31(46)39-25-15-13-23(14-16-25)22-50-33(48)36(4,5)6/h13-16,24,26-27,42H,7-12,17-22H2,1-6H3,(H,39,46)(H,40,44)(H3,37,38,49)/t24-,26?,27+/m1/s1. The van der Waals surface area contributed by atoms with Crippen molar-refractivity contribution in [2.75, 3.05) is 25.0 Å². The SMILES string of the molecule is CC(C)(C)C(=O)OCc1ccc(NC(=O)[C@H](CCCNC(N)=O)CC(=O)[C@H](CO)NC(=O)CCCCCN2C(=O)CC(C(C)(C)C)C2=O)cc1. The molecule has 0 aromatic heterocycles. The van der Waals surface area contributed by atoms with Crippen LogP contribution in [-0.2, 0) is 40.1 Å². The van der Waals surface area contributed by atoms with Gasteiger partial charge in [0.25, 0.3) is 0 Å². The summed E-state index contributed by atoms with van der Waals surface area (Å²) in [6.45, 7) is 11.0. The predicted molar refractivity (Wildman–Crippen MR) is 186 cm³/mol. The van der Waals surface area contributed by atoms with Gasteiger partial charge in [0, 0.05) is 44.0 Å². The Bertz CT molecular complexity index is 1370. The number of carbonyl (C=O) groups excluding carboxylic acids is 7. The van der Waals surface area contributed by atoms with Gasteiger partial charge in [-0.25, -0.2) is 4.79 Å². The van der Waals surface area contributed by atoms with E-state index in [2.05, 4.69) is 16.0 Å². The largest absolute Gasteiger partial charge is 0.460 e. The lowest BCUT2D eigenvalue weighted by Gasteiger charge is -2.24. The Hall–Kier alpha value is -4.33. The number of hydrogen-bond donors (Lipinski definition) is 5. The summed E-state index contributed by atoms with van der Waals surface area (Å²) in [5, 5.41) is 17.7. The lowest BCUT2D eigenvalue weighted by Crippen LogP contribution is -2.44. The third-order valence-electron chi connectivity index (χ3n) is 8.53. The highest BCUT2D eigenvalue weighted by molar-refractivity contribution is 6.04. The van der Waals surface area contributed by atoms with Gasteiger partial charge in [-0.2, -0.15) is 0 Å². The fourth-order valence-electron chi connectivity index (χ4n) is 5.39. The molecule has 0 radical (unpaired) electrons. The van der Waals surface area contributed by atoms with Gasteiger partial charge >= 0.3 is 12.0 Å². The lowest BCUT2D eigenvalue weighted by atomic mass is 9.80. The number of primary amides is 1. The highest BCUT2D eigenvalue weighted by atomic mass is 16.5. The van der Waals surface area contributed by atoms with Crippen molar-refractivity contribution in [3.63, 3.8) is 0 Å². The molecule has 14 nitrogen and oxygen atoms in total. The molecule has 3 atom stereocenters. The third kappa shape index (κ3) is 13.9. The van der Waals surface area contributed by atoms with Crippen molar-refractivity contribution in [3.05, 3.63) is 29.8 Å². The quantitative estimate of drug-likeness (QED) is 0.0812. The fourth-order valence-corrected chi connectivity index (χ4v) is 5.39. The second-order valence-electron chi connectivity index (χ2n) is 14.9. The number of ketones is 1. The highest BCUT2D eigenvalue weighted by Gasteiger charge is 2.44. The molecular weight excluding hydrogens is 646 g/mol. The van der Waals surface area contributed by atoms with Crippen molar-refractivity contribution in [1.29, 1.82) is 0 Å². The number of nitrogens with zero attached hydrogens (tertiary/aromatic N) is 1. The smallest absolute Gasteiger partial charge is 0.312 e. The number of imide groups is 1. The molecule has 14 heteroatoms. The zero-order valence-corrected chi connectivity index (χ0v) is 30.3. The fraction of sp³-hybridized carbons (Fsp3) is 0.639. The summed E-state index contributed by atoms with van der Waals surface area (Å²) >= 11 is 0. The maximum Gasteiger partial charge on any atom is 0.312 e. The number of rotatable bonds is 19.